The Labute approximate surface area is 698 Å². The molecule has 0 bridgehead atoms. The van der Waals surface area contributed by atoms with E-state index >= 15 is 0 Å². The van der Waals surface area contributed by atoms with E-state index in [1.54, 1.807) is 79.3 Å². The SMILES string of the molecule is CC.CC.CC.CC.CC.CC.CC.CC.CC.CC.CC.CC.O=C(Cc1cccc(-n2ccnc2)c1)c1cccc(C#Cc2cnc3ccccn23)c1.O=C(Cc1cccc(-n2ccnc2)c1)c1cccc(C#Cc2cnc3cccnn23)c1.O=C(Cc1cccc(-n2ccnc2)c1)c1cccc(C#Cc2cnc3cnccn23)c1. The van der Waals surface area contributed by atoms with Crippen LogP contribution in [0.15, 0.2) is 282 Å². The van der Waals surface area contributed by atoms with Gasteiger partial charge in [-0.15, -0.1) is 0 Å². The van der Waals surface area contributed by atoms with Gasteiger partial charge in [-0.25, -0.2) is 34.4 Å². The molecule has 9 aromatic heterocycles. The fourth-order valence-electron chi connectivity index (χ4n) is 10.2. The molecular weight excluding hydrogens is 1450 g/mol. The highest BCUT2D eigenvalue weighted by molar-refractivity contribution is 5.99. The molecule has 612 valence electrons. The summed E-state index contributed by atoms with van der Waals surface area (Å²) >= 11 is 0. The van der Waals surface area contributed by atoms with E-state index in [2.05, 4.69) is 75.5 Å². The maximum absolute atomic E-state index is 12.9. The van der Waals surface area contributed by atoms with Gasteiger partial charge in [0.1, 0.15) is 22.7 Å². The van der Waals surface area contributed by atoms with Gasteiger partial charge in [-0.1, -0.05) is 263 Å². The Bertz CT molecular complexity index is 4850. The number of hydrogen-bond acceptors (Lipinski definition) is 11. The second kappa shape index (κ2) is 62.1. The number of rotatable bonds is 12. The molecule has 0 atom stereocenters. The van der Waals surface area contributed by atoms with Crippen LogP contribution < -0.4 is 0 Å². The third-order valence-electron chi connectivity index (χ3n) is 14.8. The molecule has 6 aromatic carbocycles. The minimum Gasteiger partial charge on any atom is -0.306 e. The van der Waals surface area contributed by atoms with Gasteiger partial charge in [-0.3, -0.25) is 28.2 Å². The summed E-state index contributed by atoms with van der Waals surface area (Å²) in [6.07, 6.45) is 31.0. The number of ketones is 3. The molecule has 0 unspecified atom stereocenters. The summed E-state index contributed by atoms with van der Waals surface area (Å²) in [5, 5.41) is 4.26. The predicted molar refractivity (Wildman–Crippen MR) is 489 cm³/mol. The van der Waals surface area contributed by atoms with Crippen LogP contribution in [-0.2, 0) is 19.3 Å². The van der Waals surface area contributed by atoms with Gasteiger partial charge in [-0.2, -0.15) is 5.10 Å². The zero-order chi connectivity index (χ0) is 87.1. The van der Waals surface area contributed by atoms with Gasteiger partial charge >= 0.3 is 0 Å². The summed E-state index contributed by atoms with van der Waals surface area (Å²) in [5.74, 6) is 18.9. The summed E-state index contributed by atoms with van der Waals surface area (Å²) in [6.45, 7) is 48.0. The summed E-state index contributed by atoms with van der Waals surface area (Å²) < 4.78 is 11.3. The van der Waals surface area contributed by atoms with E-state index < -0.39 is 0 Å². The molecule has 0 aliphatic rings. The molecular formula is C100H124N14O3. The van der Waals surface area contributed by atoms with E-state index in [1.807, 2.05) is 396 Å². The van der Waals surface area contributed by atoms with Gasteiger partial charge < -0.3 is 13.7 Å². The average Bonchev–Trinajstić information content (AvgIpc) is 1.70. The molecule has 0 spiro atoms. The van der Waals surface area contributed by atoms with Crippen molar-refractivity contribution in [1.29, 1.82) is 0 Å². The topological polar surface area (TPSA) is 182 Å². The van der Waals surface area contributed by atoms with Crippen molar-refractivity contribution in [3.05, 3.63) is 349 Å². The highest BCUT2D eigenvalue weighted by atomic mass is 16.1. The first-order valence-electron chi connectivity index (χ1n) is 41.4. The van der Waals surface area contributed by atoms with Gasteiger partial charge in [0.05, 0.1) is 43.8 Å². The zero-order valence-corrected chi connectivity index (χ0v) is 73.7. The monoisotopic (exact) mass is 1570 g/mol. The lowest BCUT2D eigenvalue weighted by Crippen LogP contribution is -2.04. The first kappa shape index (κ1) is 102. The summed E-state index contributed by atoms with van der Waals surface area (Å²) in [7, 11) is 0. The van der Waals surface area contributed by atoms with Crippen molar-refractivity contribution in [2.24, 2.45) is 0 Å². The number of Topliss-reactive ketones (excluding diaryl/α,β-unsaturated/α-hetero) is 3. The lowest BCUT2D eigenvalue weighted by Gasteiger charge is -2.06. The number of benzene rings is 6. The van der Waals surface area contributed by atoms with Crippen LogP contribution in [0.25, 0.3) is 34.0 Å². The fraction of sp³-hybridized carbons (Fsp3) is 0.270. The highest BCUT2D eigenvalue weighted by Crippen LogP contribution is 2.19. The second-order valence-corrected chi connectivity index (χ2v) is 21.2. The van der Waals surface area contributed by atoms with Crippen LogP contribution >= 0.6 is 0 Å². The van der Waals surface area contributed by atoms with Gasteiger partial charge in [-0.05, 0) is 132 Å². The number of aromatic nitrogens is 14. The summed E-state index contributed by atoms with van der Waals surface area (Å²) in [5.41, 5.74) is 14.7. The number of hydrogen-bond donors (Lipinski definition) is 0. The smallest absolute Gasteiger partial charge is 0.167 e. The van der Waals surface area contributed by atoms with Crippen molar-refractivity contribution in [2.75, 3.05) is 0 Å². The lowest BCUT2D eigenvalue weighted by molar-refractivity contribution is 0.0984. The first-order chi connectivity index (χ1) is 57.8. The van der Waals surface area contributed by atoms with Crippen LogP contribution in [0, 0.1) is 35.5 Å². The Balaban J connectivity index is 0.000000775. The van der Waals surface area contributed by atoms with Crippen LogP contribution in [0.5, 0.6) is 0 Å². The Morgan fingerprint density at radius 3 is 1.00 bits per heavy atom. The predicted octanol–water partition coefficient (Wildman–Crippen LogP) is 24.1. The standard InChI is InChI=1S/C26H18N4O.2C25H17N5O.12C2H6/c31-25(17-21-6-4-8-23(16-21)29-14-12-27-19-29)22-7-3-5-20(15-22)10-11-24-18-28-26-9-1-2-13-30(24)26;31-24(16-20-5-2-7-22(15-20)29-13-12-26-18-29)21-6-1-4-19(14-21)9-10-23-17-27-25-8-3-11-28-30(23)25;31-24(15-20-4-2-6-22(14-20)29-11-9-27-18-29)21-5-1-3-19(13-21)7-8-23-16-28-25-17-26-10-12-30(23)25;12*1-2/h1-9,12-16,18-19H,17H2;1-8,11-15,17-18H,16H2;1-6,9-14,16-18H,15H2;12*1-2H3. The first-order valence-corrected chi connectivity index (χ1v) is 41.4. The zero-order valence-electron chi connectivity index (χ0n) is 73.7. The minimum atomic E-state index is 0.0444. The van der Waals surface area contributed by atoms with E-state index in [9.17, 15) is 14.4 Å². The highest BCUT2D eigenvalue weighted by Gasteiger charge is 2.13. The third kappa shape index (κ3) is 32.5. The molecule has 0 radical (unpaired) electrons. The average molecular weight is 1570 g/mol. The van der Waals surface area contributed by atoms with Crippen LogP contribution in [0.1, 0.15) is 248 Å². The Morgan fingerprint density at radius 2 is 0.615 bits per heavy atom. The van der Waals surface area contributed by atoms with Crippen molar-refractivity contribution in [3.63, 3.8) is 0 Å². The van der Waals surface area contributed by atoms with E-state index in [0.29, 0.717) is 41.6 Å². The molecule has 0 fully saturated rings. The number of carbonyl (C=O) groups is 3. The van der Waals surface area contributed by atoms with E-state index in [0.717, 1.165) is 78.8 Å². The molecule has 0 saturated heterocycles. The van der Waals surface area contributed by atoms with Crippen LogP contribution in [-0.4, -0.2) is 84.4 Å². The summed E-state index contributed by atoms with van der Waals surface area (Å²) in [4.78, 5) is 67.9. The molecule has 17 nitrogen and oxygen atoms in total. The molecule has 0 aliphatic heterocycles. The Hall–Kier alpha value is -13.4. The number of carbonyl (C=O) groups excluding carboxylic acids is 3. The molecule has 0 amide bonds. The van der Waals surface area contributed by atoms with Crippen molar-refractivity contribution in [1.82, 2.24) is 67.0 Å². The second-order valence-electron chi connectivity index (χ2n) is 21.2. The van der Waals surface area contributed by atoms with Crippen molar-refractivity contribution >= 4 is 34.3 Å². The van der Waals surface area contributed by atoms with E-state index in [4.69, 9.17) is 0 Å². The molecule has 15 rings (SSSR count). The van der Waals surface area contributed by atoms with Crippen LogP contribution in [0.4, 0.5) is 0 Å². The third-order valence-corrected chi connectivity index (χ3v) is 14.8. The molecule has 117 heavy (non-hydrogen) atoms. The maximum atomic E-state index is 12.9. The number of fused-ring (bicyclic) bond motifs is 3. The summed E-state index contributed by atoms with van der Waals surface area (Å²) in [6, 6.07) is 55.5. The van der Waals surface area contributed by atoms with Crippen molar-refractivity contribution < 1.29 is 14.4 Å². The van der Waals surface area contributed by atoms with Gasteiger partial charge in [0.25, 0.3) is 0 Å². The largest absolute Gasteiger partial charge is 0.306 e. The quantitative estimate of drug-likeness (QED) is 0.0838. The lowest BCUT2D eigenvalue weighted by atomic mass is 10.0. The molecule has 0 N–H and O–H groups in total. The van der Waals surface area contributed by atoms with Gasteiger partial charge in [0, 0.05) is 132 Å². The normalized spacial score (nSPS) is 9.03. The molecule has 0 saturated carbocycles. The Kier molecular flexibility index (Phi) is 53.9. The molecule has 17 heteroatoms. The van der Waals surface area contributed by atoms with Crippen LogP contribution in [0.2, 0.25) is 0 Å². The Morgan fingerprint density at radius 1 is 0.282 bits per heavy atom. The van der Waals surface area contributed by atoms with Crippen molar-refractivity contribution in [3.8, 4) is 52.6 Å². The molecule has 9 heterocycles. The van der Waals surface area contributed by atoms with Crippen LogP contribution in [0.3, 0.4) is 0 Å². The number of imidazole rings is 6. The fourth-order valence-corrected chi connectivity index (χ4v) is 10.2. The van der Waals surface area contributed by atoms with E-state index in [1.165, 1.54) is 0 Å². The van der Waals surface area contributed by atoms with Crippen molar-refractivity contribution in [2.45, 2.75) is 185 Å². The van der Waals surface area contributed by atoms with Gasteiger partial charge in [0.15, 0.2) is 28.6 Å². The number of pyridine rings is 1. The molecule has 0 aliphatic carbocycles. The number of nitrogens with zero attached hydrogens (tertiary/aromatic N) is 14. The molecule has 15 aromatic rings. The van der Waals surface area contributed by atoms with Gasteiger partial charge in [0.2, 0.25) is 0 Å². The maximum Gasteiger partial charge on any atom is 0.167 e. The van der Waals surface area contributed by atoms with E-state index in [-0.39, 0.29) is 17.3 Å². The minimum absolute atomic E-state index is 0.0444.